The molecule has 1 aliphatic heterocycles. The first kappa shape index (κ1) is 17.4. The molecule has 0 unspecified atom stereocenters. The zero-order chi connectivity index (χ0) is 17.6. The van der Waals surface area contributed by atoms with Gasteiger partial charge in [-0.1, -0.05) is 30.3 Å². The summed E-state index contributed by atoms with van der Waals surface area (Å²) in [5, 5.41) is 0. The summed E-state index contributed by atoms with van der Waals surface area (Å²) in [5.74, 6) is 0.784. The lowest BCUT2D eigenvalue weighted by Gasteiger charge is -2.33. The summed E-state index contributed by atoms with van der Waals surface area (Å²) in [6, 6.07) is 11.8. The van der Waals surface area contributed by atoms with Gasteiger partial charge in [-0.2, -0.15) is 0 Å². The average molecular weight is 339 g/mol. The molecule has 132 valence electrons. The van der Waals surface area contributed by atoms with Crippen LogP contribution in [0.3, 0.4) is 0 Å². The molecule has 3 rings (SSSR count). The van der Waals surface area contributed by atoms with Crippen molar-refractivity contribution < 1.29 is 4.79 Å². The van der Waals surface area contributed by atoms with Crippen molar-refractivity contribution >= 4 is 11.7 Å². The van der Waals surface area contributed by atoms with E-state index in [4.69, 9.17) is 0 Å². The summed E-state index contributed by atoms with van der Waals surface area (Å²) in [6.07, 6.45) is 1.50. The number of piperazine rings is 1. The van der Waals surface area contributed by atoms with Crippen molar-refractivity contribution in [1.29, 1.82) is 0 Å². The zero-order valence-corrected chi connectivity index (χ0v) is 14.9. The van der Waals surface area contributed by atoms with Gasteiger partial charge in [0.1, 0.15) is 17.8 Å². The normalized spacial score (nSPS) is 15.2. The molecule has 6 heteroatoms. The number of carbonyl (C=O) groups is 1. The van der Waals surface area contributed by atoms with Crippen LogP contribution in [0.1, 0.15) is 23.0 Å². The fourth-order valence-corrected chi connectivity index (χ4v) is 2.97. The topological polar surface area (TPSA) is 52.6 Å². The number of nitrogens with zero attached hydrogens (tertiary/aromatic N) is 5. The molecule has 1 fully saturated rings. The number of carbonyl (C=O) groups excluding carboxylic acids is 1. The van der Waals surface area contributed by atoms with Crippen molar-refractivity contribution in [2.24, 2.45) is 0 Å². The van der Waals surface area contributed by atoms with E-state index < -0.39 is 0 Å². The van der Waals surface area contributed by atoms with Crippen LogP contribution in [0, 0.1) is 0 Å². The first-order valence-corrected chi connectivity index (χ1v) is 8.76. The third-order valence-electron chi connectivity index (χ3n) is 4.58. The van der Waals surface area contributed by atoms with Gasteiger partial charge in [0.15, 0.2) is 0 Å². The second-order valence-electron chi connectivity index (χ2n) is 6.36. The Balaban J connectivity index is 1.73. The third kappa shape index (κ3) is 4.33. The maximum atomic E-state index is 12.9. The Bertz CT molecular complexity index is 698. The smallest absolute Gasteiger partial charge is 0.272 e. The monoisotopic (exact) mass is 339 g/mol. The second-order valence-corrected chi connectivity index (χ2v) is 6.36. The maximum absolute atomic E-state index is 12.9. The molecule has 2 heterocycles. The van der Waals surface area contributed by atoms with Gasteiger partial charge in [-0.05, 0) is 19.5 Å². The summed E-state index contributed by atoms with van der Waals surface area (Å²) in [6.45, 7) is 7.06. The minimum Gasteiger partial charge on any atom is -0.354 e. The zero-order valence-electron chi connectivity index (χ0n) is 14.9. The van der Waals surface area contributed by atoms with Crippen LogP contribution in [0.15, 0.2) is 42.7 Å². The highest BCUT2D eigenvalue weighted by Crippen LogP contribution is 2.15. The van der Waals surface area contributed by atoms with E-state index in [2.05, 4.69) is 26.8 Å². The summed E-state index contributed by atoms with van der Waals surface area (Å²) >= 11 is 0. The van der Waals surface area contributed by atoms with Gasteiger partial charge >= 0.3 is 0 Å². The van der Waals surface area contributed by atoms with E-state index in [9.17, 15) is 4.79 Å². The van der Waals surface area contributed by atoms with Gasteiger partial charge in [-0.15, -0.1) is 0 Å². The number of hydrogen-bond donors (Lipinski definition) is 0. The minimum atomic E-state index is -0.0517. The fourth-order valence-electron chi connectivity index (χ4n) is 2.97. The van der Waals surface area contributed by atoms with Gasteiger partial charge in [-0.3, -0.25) is 4.79 Å². The van der Waals surface area contributed by atoms with Crippen LogP contribution < -0.4 is 4.90 Å². The lowest BCUT2D eigenvalue weighted by atomic mass is 10.2. The van der Waals surface area contributed by atoms with Crippen LogP contribution in [0.5, 0.6) is 0 Å². The molecule has 1 amide bonds. The van der Waals surface area contributed by atoms with E-state index in [1.54, 1.807) is 0 Å². The molecule has 0 spiro atoms. The molecule has 1 aliphatic rings. The largest absolute Gasteiger partial charge is 0.354 e. The Kier molecular flexibility index (Phi) is 5.60. The van der Waals surface area contributed by atoms with Crippen molar-refractivity contribution in [2.75, 3.05) is 44.7 Å². The lowest BCUT2D eigenvalue weighted by molar-refractivity contribution is 0.0746. The van der Waals surface area contributed by atoms with Crippen molar-refractivity contribution in [3.8, 4) is 0 Å². The molecule has 0 saturated carbocycles. The van der Waals surface area contributed by atoms with Crippen molar-refractivity contribution in [3.63, 3.8) is 0 Å². The highest BCUT2D eigenvalue weighted by Gasteiger charge is 2.20. The Morgan fingerprint density at radius 3 is 2.52 bits per heavy atom. The molecule has 25 heavy (non-hydrogen) atoms. The molecular weight excluding hydrogens is 314 g/mol. The van der Waals surface area contributed by atoms with E-state index in [0.717, 1.165) is 37.6 Å². The fraction of sp³-hybridized carbons (Fsp3) is 0.421. The number of likely N-dealkylation sites (N-methyl/N-ethyl adjacent to an activating group) is 1. The number of anilines is 1. The van der Waals surface area contributed by atoms with Crippen LogP contribution in [-0.4, -0.2) is 65.4 Å². The molecule has 0 aliphatic carbocycles. The van der Waals surface area contributed by atoms with E-state index in [1.807, 2.05) is 48.2 Å². The van der Waals surface area contributed by atoms with Gasteiger partial charge in [0.2, 0.25) is 0 Å². The van der Waals surface area contributed by atoms with Crippen molar-refractivity contribution in [3.05, 3.63) is 54.0 Å². The van der Waals surface area contributed by atoms with E-state index >= 15 is 0 Å². The molecule has 1 aromatic heterocycles. The van der Waals surface area contributed by atoms with Crippen molar-refractivity contribution in [2.45, 2.75) is 13.5 Å². The number of amides is 1. The highest BCUT2D eigenvalue weighted by molar-refractivity contribution is 5.92. The van der Waals surface area contributed by atoms with E-state index in [0.29, 0.717) is 18.8 Å². The summed E-state index contributed by atoms with van der Waals surface area (Å²) in [7, 11) is 2.12. The first-order chi connectivity index (χ1) is 12.2. The Morgan fingerprint density at radius 2 is 1.84 bits per heavy atom. The molecule has 0 atom stereocenters. The molecule has 1 saturated heterocycles. The molecule has 6 nitrogen and oxygen atoms in total. The minimum absolute atomic E-state index is 0.0517. The van der Waals surface area contributed by atoms with Crippen LogP contribution >= 0.6 is 0 Å². The lowest BCUT2D eigenvalue weighted by Crippen LogP contribution is -2.45. The first-order valence-electron chi connectivity index (χ1n) is 8.76. The number of hydrogen-bond acceptors (Lipinski definition) is 5. The number of aromatic nitrogens is 2. The Labute approximate surface area is 149 Å². The number of rotatable bonds is 5. The van der Waals surface area contributed by atoms with E-state index in [-0.39, 0.29) is 5.91 Å². The quantitative estimate of drug-likeness (QED) is 0.833. The maximum Gasteiger partial charge on any atom is 0.272 e. The van der Waals surface area contributed by atoms with Gasteiger partial charge in [0.05, 0.1) is 0 Å². The molecule has 1 aromatic carbocycles. The Morgan fingerprint density at radius 1 is 1.12 bits per heavy atom. The third-order valence-corrected chi connectivity index (χ3v) is 4.58. The van der Waals surface area contributed by atoms with E-state index in [1.165, 1.54) is 6.33 Å². The van der Waals surface area contributed by atoms with Crippen LogP contribution in [0.2, 0.25) is 0 Å². The highest BCUT2D eigenvalue weighted by atomic mass is 16.2. The van der Waals surface area contributed by atoms with Crippen LogP contribution in [0.4, 0.5) is 5.82 Å². The molecule has 0 N–H and O–H groups in total. The summed E-state index contributed by atoms with van der Waals surface area (Å²) in [5.41, 5.74) is 1.58. The van der Waals surface area contributed by atoms with Gasteiger partial charge < -0.3 is 14.7 Å². The predicted molar refractivity (Wildman–Crippen MR) is 98.6 cm³/mol. The number of benzene rings is 1. The predicted octanol–water partition coefficient (Wildman–Crippen LogP) is 1.89. The van der Waals surface area contributed by atoms with Crippen molar-refractivity contribution in [1.82, 2.24) is 19.8 Å². The molecule has 2 aromatic rings. The van der Waals surface area contributed by atoms with Gasteiger partial charge in [0.25, 0.3) is 5.91 Å². The SMILES string of the molecule is CCN(Cc1ccccc1)C(=O)c1cc(N2CCN(C)CC2)ncn1. The summed E-state index contributed by atoms with van der Waals surface area (Å²) < 4.78 is 0. The molecule has 0 bridgehead atoms. The van der Waals surface area contributed by atoms with Crippen LogP contribution in [-0.2, 0) is 6.54 Å². The van der Waals surface area contributed by atoms with Gasteiger partial charge in [-0.25, -0.2) is 9.97 Å². The average Bonchev–Trinajstić information content (AvgIpc) is 2.67. The summed E-state index contributed by atoms with van der Waals surface area (Å²) in [4.78, 5) is 27.8. The standard InChI is InChI=1S/C19H25N5O/c1-3-23(14-16-7-5-4-6-8-16)19(25)17-13-18(21-15-20-17)24-11-9-22(2)10-12-24/h4-8,13,15H,3,9-12,14H2,1-2H3. The van der Waals surface area contributed by atoms with Crippen LogP contribution in [0.25, 0.3) is 0 Å². The molecule has 0 radical (unpaired) electrons. The van der Waals surface area contributed by atoms with Gasteiger partial charge in [0, 0.05) is 45.3 Å². The molecular formula is C19H25N5O. The second kappa shape index (κ2) is 8.07. The Hall–Kier alpha value is -2.47.